The van der Waals surface area contributed by atoms with E-state index in [4.69, 9.17) is 9.47 Å². The molecule has 0 unspecified atom stereocenters. The molecule has 1 aliphatic heterocycles. The van der Waals surface area contributed by atoms with Crippen molar-refractivity contribution in [3.8, 4) is 11.5 Å². The lowest BCUT2D eigenvalue weighted by molar-refractivity contribution is -0.144. The molecule has 142 valence electrons. The quantitative estimate of drug-likeness (QED) is 0.677. The summed E-state index contributed by atoms with van der Waals surface area (Å²) in [5, 5.41) is 0. The van der Waals surface area contributed by atoms with Gasteiger partial charge in [-0.25, -0.2) is 0 Å². The Morgan fingerprint density at radius 1 is 1.04 bits per heavy atom. The van der Waals surface area contributed by atoms with E-state index in [-0.39, 0.29) is 18.6 Å². The lowest BCUT2D eigenvalue weighted by Gasteiger charge is -2.34. The summed E-state index contributed by atoms with van der Waals surface area (Å²) < 4.78 is 11.7. The van der Waals surface area contributed by atoms with Gasteiger partial charge in [-0.1, -0.05) is 48.5 Å². The normalized spacial score (nSPS) is 16.2. The van der Waals surface area contributed by atoms with Gasteiger partial charge in [-0.15, -0.1) is 0 Å². The van der Waals surface area contributed by atoms with Crippen LogP contribution in [0.3, 0.4) is 0 Å². The highest BCUT2D eigenvalue weighted by atomic mass is 16.6. The summed E-state index contributed by atoms with van der Waals surface area (Å²) in [6, 6.07) is 23.0. The van der Waals surface area contributed by atoms with Crippen LogP contribution in [0.5, 0.6) is 11.5 Å². The van der Waals surface area contributed by atoms with Crippen LogP contribution in [0.15, 0.2) is 79.0 Å². The molecule has 5 heteroatoms. The SMILES string of the molecule is C[C@@H](c1ccccc1)N(Cc1ccccn1)C(=O)[C@@H]1COc2ccccc2O1. The molecule has 0 spiro atoms. The van der Waals surface area contributed by atoms with Crippen molar-refractivity contribution in [2.45, 2.75) is 25.6 Å². The molecule has 28 heavy (non-hydrogen) atoms. The van der Waals surface area contributed by atoms with Crippen LogP contribution in [0.25, 0.3) is 0 Å². The predicted molar refractivity (Wildman–Crippen MR) is 106 cm³/mol. The zero-order chi connectivity index (χ0) is 19.3. The van der Waals surface area contributed by atoms with Crippen molar-refractivity contribution < 1.29 is 14.3 Å². The second-order valence-corrected chi connectivity index (χ2v) is 6.74. The molecule has 0 saturated carbocycles. The maximum Gasteiger partial charge on any atom is 0.268 e. The summed E-state index contributed by atoms with van der Waals surface area (Å²) in [7, 11) is 0. The van der Waals surface area contributed by atoms with Gasteiger partial charge >= 0.3 is 0 Å². The van der Waals surface area contributed by atoms with Gasteiger partial charge in [-0.2, -0.15) is 0 Å². The number of hydrogen-bond acceptors (Lipinski definition) is 4. The molecule has 2 atom stereocenters. The number of fused-ring (bicyclic) bond motifs is 1. The Morgan fingerprint density at radius 3 is 2.50 bits per heavy atom. The lowest BCUT2D eigenvalue weighted by atomic mass is 10.1. The largest absolute Gasteiger partial charge is 0.485 e. The van der Waals surface area contributed by atoms with E-state index in [1.165, 1.54) is 0 Å². The molecule has 0 saturated heterocycles. The number of nitrogens with zero attached hydrogens (tertiary/aromatic N) is 2. The van der Waals surface area contributed by atoms with E-state index in [0.717, 1.165) is 11.3 Å². The number of para-hydroxylation sites is 2. The van der Waals surface area contributed by atoms with Gasteiger partial charge in [0.25, 0.3) is 5.91 Å². The minimum Gasteiger partial charge on any atom is -0.485 e. The minimum atomic E-state index is -0.690. The zero-order valence-corrected chi connectivity index (χ0v) is 15.7. The van der Waals surface area contributed by atoms with Gasteiger partial charge in [0.2, 0.25) is 6.10 Å². The highest BCUT2D eigenvalue weighted by Gasteiger charge is 2.33. The number of pyridine rings is 1. The number of aromatic nitrogens is 1. The number of amides is 1. The summed E-state index contributed by atoms with van der Waals surface area (Å²) in [4.78, 5) is 19.6. The number of carbonyl (C=O) groups is 1. The first-order chi connectivity index (χ1) is 13.7. The number of benzene rings is 2. The van der Waals surface area contributed by atoms with Crippen LogP contribution in [-0.4, -0.2) is 28.5 Å². The van der Waals surface area contributed by atoms with Crippen LogP contribution >= 0.6 is 0 Å². The Kier molecular flexibility index (Phi) is 5.24. The van der Waals surface area contributed by atoms with E-state index >= 15 is 0 Å². The summed E-state index contributed by atoms with van der Waals surface area (Å²) in [6.07, 6.45) is 1.05. The maximum atomic E-state index is 13.4. The first-order valence-electron chi connectivity index (χ1n) is 9.36. The van der Waals surface area contributed by atoms with Crippen LogP contribution in [0, 0.1) is 0 Å². The Morgan fingerprint density at radius 2 is 1.75 bits per heavy atom. The van der Waals surface area contributed by atoms with Gasteiger partial charge < -0.3 is 14.4 Å². The van der Waals surface area contributed by atoms with Gasteiger partial charge in [0, 0.05) is 6.20 Å². The molecule has 2 aromatic carbocycles. The molecule has 4 rings (SSSR count). The highest BCUT2D eigenvalue weighted by Crippen LogP contribution is 2.32. The fourth-order valence-corrected chi connectivity index (χ4v) is 3.31. The molecule has 0 N–H and O–H groups in total. The van der Waals surface area contributed by atoms with Crippen LogP contribution in [-0.2, 0) is 11.3 Å². The van der Waals surface area contributed by atoms with E-state index in [2.05, 4.69) is 4.98 Å². The molecule has 1 aromatic heterocycles. The predicted octanol–water partition coefficient (Wildman–Crippen LogP) is 4.01. The molecule has 2 heterocycles. The third-order valence-electron chi connectivity index (χ3n) is 4.88. The maximum absolute atomic E-state index is 13.4. The molecular weight excluding hydrogens is 352 g/mol. The number of rotatable bonds is 5. The Bertz CT molecular complexity index is 931. The molecule has 1 aliphatic rings. The fourth-order valence-electron chi connectivity index (χ4n) is 3.31. The first kappa shape index (κ1) is 18.0. The van der Waals surface area contributed by atoms with Gasteiger partial charge in [0.1, 0.15) is 6.61 Å². The molecule has 1 amide bonds. The van der Waals surface area contributed by atoms with Crippen molar-refractivity contribution in [3.63, 3.8) is 0 Å². The molecular formula is C23H22N2O3. The second-order valence-electron chi connectivity index (χ2n) is 6.74. The van der Waals surface area contributed by atoms with Crippen molar-refractivity contribution >= 4 is 5.91 Å². The summed E-state index contributed by atoms with van der Waals surface area (Å²) >= 11 is 0. The summed E-state index contributed by atoms with van der Waals surface area (Å²) in [5.74, 6) is 1.15. The second kappa shape index (κ2) is 8.13. The highest BCUT2D eigenvalue weighted by molar-refractivity contribution is 5.82. The Balaban J connectivity index is 1.60. The zero-order valence-electron chi connectivity index (χ0n) is 15.7. The van der Waals surface area contributed by atoms with Crippen molar-refractivity contribution in [1.29, 1.82) is 0 Å². The van der Waals surface area contributed by atoms with Crippen LogP contribution in [0.2, 0.25) is 0 Å². The average molecular weight is 374 g/mol. The number of hydrogen-bond donors (Lipinski definition) is 0. The summed E-state index contributed by atoms with van der Waals surface area (Å²) in [6.45, 7) is 2.61. The van der Waals surface area contributed by atoms with E-state index in [1.54, 1.807) is 11.1 Å². The third-order valence-corrected chi connectivity index (χ3v) is 4.88. The smallest absolute Gasteiger partial charge is 0.268 e. The molecule has 5 nitrogen and oxygen atoms in total. The molecule has 3 aromatic rings. The monoisotopic (exact) mass is 374 g/mol. The van der Waals surface area contributed by atoms with Crippen LogP contribution in [0.4, 0.5) is 0 Å². The number of ether oxygens (including phenoxy) is 2. The van der Waals surface area contributed by atoms with Crippen LogP contribution < -0.4 is 9.47 Å². The number of carbonyl (C=O) groups excluding carboxylic acids is 1. The van der Waals surface area contributed by atoms with Crippen LogP contribution in [0.1, 0.15) is 24.2 Å². The van der Waals surface area contributed by atoms with Gasteiger partial charge in [0.05, 0.1) is 18.3 Å². The van der Waals surface area contributed by atoms with E-state index in [1.807, 2.05) is 79.7 Å². The molecule has 0 radical (unpaired) electrons. The van der Waals surface area contributed by atoms with Gasteiger partial charge in [-0.05, 0) is 36.8 Å². The van der Waals surface area contributed by atoms with Gasteiger partial charge in [-0.3, -0.25) is 9.78 Å². The standard InChI is InChI=1S/C23H22N2O3/c1-17(18-9-3-2-4-10-18)25(15-19-11-7-8-14-24-19)23(26)22-16-27-20-12-5-6-13-21(20)28-22/h2-14,17,22H,15-16H2,1H3/t17-,22-/m0/s1. The molecule has 0 fully saturated rings. The summed E-state index contributed by atoms with van der Waals surface area (Å²) in [5.41, 5.74) is 1.89. The fraction of sp³-hybridized carbons (Fsp3) is 0.217. The average Bonchev–Trinajstić information content (AvgIpc) is 2.77. The third kappa shape index (κ3) is 3.83. The molecule has 0 aliphatic carbocycles. The van der Waals surface area contributed by atoms with E-state index in [9.17, 15) is 4.79 Å². The van der Waals surface area contributed by atoms with Crippen molar-refractivity contribution in [1.82, 2.24) is 9.88 Å². The van der Waals surface area contributed by atoms with Crippen molar-refractivity contribution in [2.24, 2.45) is 0 Å². The van der Waals surface area contributed by atoms with E-state index in [0.29, 0.717) is 18.0 Å². The first-order valence-corrected chi connectivity index (χ1v) is 9.36. The Labute approximate surface area is 164 Å². The topological polar surface area (TPSA) is 51.7 Å². The minimum absolute atomic E-state index is 0.114. The van der Waals surface area contributed by atoms with Crippen molar-refractivity contribution in [2.75, 3.05) is 6.61 Å². The molecule has 0 bridgehead atoms. The van der Waals surface area contributed by atoms with Gasteiger partial charge in [0.15, 0.2) is 11.5 Å². The van der Waals surface area contributed by atoms with E-state index < -0.39 is 6.10 Å². The lowest BCUT2D eigenvalue weighted by Crippen LogP contribution is -2.47. The van der Waals surface area contributed by atoms with Crippen molar-refractivity contribution in [3.05, 3.63) is 90.3 Å². The Hall–Kier alpha value is -3.34.